The second kappa shape index (κ2) is 4.42. The molecule has 3 heteroatoms. The molecule has 0 aromatic heterocycles. The molecule has 0 unspecified atom stereocenters. The third kappa shape index (κ3) is 3.19. The lowest BCUT2D eigenvalue weighted by Crippen LogP contribution is -2.37. The number of ether oxygens (including phenoxy) is 1. The summed E-state index contributed by atoms with van der Waals surface area (Å²) in [5.74, 6) is -0.459. The lowest BCUT2D eigenvalue weighted by atomic mass is 9.86. The average Bonchev–Trinajstić information content (AvgIpc) is 2.15. The van der Waals surface area contributed by atoms with Crippen LogP contribution in [0.3, 0.4) is 0 Å². The topological polar surface area (TPSA) is 46.5 Å². The second-order valence-corrected chi connectivity index (χ2v) is 3.60. The fourth-order valence-corrected chi connectivity index (χ4v) is 1.62. The Kier molecular flexibility index (Phi) is 3.48. The van der Waals surface area contributed by atoms with Crippen molar-refractivity contribution in [3.63, 3.8) is 0 Å². The van der Waals surface area contributed by atoms with Crippen LogP contribution >= 0.6 is 0 Å². The number of carbonyl (C=O) groups excluding carboxylic acids is 1. The van der Waals surface area contributed by atoms with Crippen LogP contribution in [-0.2, 0) is 9.53 Å². The normalized spacial score (nSPS) is 20.7. The van der Waals surface area contributed by atoms with E-state index >= 15 is 0 Å². The van der Waals surface area contributed by atoms with Gasteiger partial charge in [-0.15, -0.1) is 0 Å². The number of hydrogen-bond acceptors (Lipinski definition) is 3. The van der Waals surface area contributed by atoms with Crippen molar-refractivity contribution in [2.45, 2.75) is 37.7 Å². The molecule has 13 heavy (non-hydrogen) atoms. The monoisotopic (exact) mass is 184 g/mol. The van der Waals surface area contributed by atoms with Gasteiger partial charge in [-0.05, 0) is 12.8 Å². The summed E-state index contributed by atoms with van der Waals surface area (Å²) in [5, 5.41) is 9.90. The highest BCUT2D eigenvalue weighted by molar-refractivity contribution is 5.81. The lowest BCUT2D eigenvalue weighted by Gasteiger charge is -2.31. The Morgan fingerprint density at radius 1 is 1.46 bits per heavy atom. The summed E-state index contributed by atoms with van der Waals surface area (Å²) >= 11 is 0. The van der Waals surface area contributed by atoms with Crippen LogP contribution in [0.4, 0.5) is 0 Å². The van der Waals surface area contributed by atoms with E-state index in [0.29, 0.717) is 0 Å². The molecule has 1 aliphatic carbocycles. The van der Waals surface area contributed by atoms with Crippen molar-refractivity contribution in [2.75, 3.05) is 6.61 Å². The molecule has 0 bridgehead atoms. The van der Waals surface area contributed by atoms with E-state index in [2.05, 4.69) is 6.58 Å². The first-order valence-electron chi connectivity index (χ1n) is 4.68. The van der Waals surface area contributed by atoms with Gasteiger partial charge in [-0.2, -0.15) is 0 Å². The van der Waals surface area contributed by atoms with Crippen LogP contribution in [0, 0.1) is 0 Å². The van der Waals surface area contributed by atoms with Crippen molar-refractivity contribution in [3.05, 3.63) is 12.7 Å². The zero-order chi connectivity index (χ0) is 9.73. The van der Waals surface area contributed by atoms with Crippen LogP contribution in [0.15, 0.2) is 12.7 Å². The smallest absolute Gasteiger partial charge is 0.330 e. The van der Waals surface area contributed by atoms with Gasteiger partial charge in [-0.25, -0.2) is 4.79 Å². The molecule has 1 rings (SSSR count). The highest BCUT2D eigenvalue weighted by Crippen LogP contribution is 2.28. The van der Waals surface area contributed by atoms with Gasteiger partial charge in [0.1, 0.15) is 6.61 Å². The summed E-state index contributed by atoms with van der Waals surface area (Å²) in [4.78, 5) is 10.7. The summed E-state index contributed by atoms with van der Waals surface area (Å²) in [7, 11) is 0. The van der Waals surface area contributed by atoms with Gasteiger partial charge in [0.15, 0.2) is 0 Å². The highest BCUT2D eigenvalue weighted by atomic mass is 16.5. The number of hydrogen-bond donors (Lipinski definition) is 1. The Morgan fingerprint density at radius 2 is 2.08 bits per heavy atom. The molecule has 1 aliphatic rings. The molecule has 0 aromatic carbocycles. The zero-order valence-electron chi connectivity index (χ0n) is 7.79. The molecule has 3 nitrogen and oxygen atoms in total. The van der Waals surface area contributed by atoms with Crippen molar-refractivity contribution < 1.29 is 14.6 Å². The fraction of sp³-hybridized carbons (Fsp3) is 0.700. The Balaban J connectivity index is 2.32. The van der Waals surface area contributed by atoms with E-state index in [1.54, 1.807) is 0 Å². The van der Waals surface area contributed by atoms with Gasteiger partial charge in [-0.1, -0.05) is 25.8 Å². The molecular weight excluding hydrogens is 168 g/mol. The van der Waals surface area contributed by atoms with Crippen molar-refractivity contribution in [3.8, 4) is 0 Å². The van der Waals surface area contributed by atoms with E-state index in [1.165, 1.54) is 0 Å². The van der Waals surface area contributed by atoms with Crippen LogP contribution in [-0.4, -0.2) is 23.3 Å². The van der Waals surface area contributed by atoms with Crippen molar-refractivity contribution in [1.82, 2.24) is 0 Å². The number of aliphatic hydroxyl groups is 1. The summed E-state index contributed by atoms with van der Waals surface area (Å²) in [6, 6.07) is 0. The molecule has 1 N–H and O–H groups in total. The van der Waals surface area contributed by atoms with Gasteiger partial charge in [0.25, 0.3) is 0 Å². The summed E-state index contributed by atoms with van der Waals surface area (Å²) in [5.41, 5.74) is -0.781. The largest absolute Gasteiger partial charge is 0.459 e. The van der Waals surface area contributed by atoms with Crippen molar-refractivity contribution >= 4 is 5.97 Å². The fourth-order valence-electron chi connectivity index (χ4n) is 1.62. The van der Waals surface area contributed by atoms with Crippen LogP contribution in [0.2, 0.25) is 0 Å². The first-order valence-corrected chi connectivity index (χ1v) is 4.68. The first kappa shape index (κ1) is 10.3. The third-order valence-electron chi connectivity index (χ3n) is 2.43. The third-order valence-corrected chi connectivity index (χ3v) is 2.43. The Morgan fingerprint density at radius 3 is 2.62 bits per heavy atom. The molecule has 0 aliphatic heterocycles. The first-order chi connectivity index (χ1) is 6.16. The summed E-state index contributed by atoms with van der Waals surface area (Å²) < 4.78 is 4.83. The minimum atomic E-state index is -0.781. The van der Waals surface area contributed by atoms with E-state index in [9.17, 15) is 9.90 Å². The number of esters is 1. The predicted molar refractivity (Wildman–Crippen MR) is 49.2 cm³/mol. The molecule has 0 aromatic rings. The molecule has 0 heterocycles. The van der Waals surface area contributed by atoms with E-state index in [1.807, 2.05) is 0 Å². The minimum Gasteiger partial charge on any atom is -0.459 e. The molecule has 0 spiro atoms. The van der Waals surface area contributed by atoms with E-state index in [0.717, 1.165) is 38.2 Å². The maximum absolute atomic E-state index is 10.7. The standard InChI is InChI=1S/C10H16O3/c1-2-9(11)13-8-10(12)6-4-3-5-7-10/h2,12H,1,3-8H2. The van der Waals surface area contributed by atoms with Gasteiger partial charge in [0, 0.05) is 6.08 Å². The van der Waals surface area contributed by atoms with Gasteiger partial charge >= 0.3 is 5.97 Å². The molecular formula is C10H16O3. The van der Waals surface area contributed by atoms with E-state index in [4.69, 9.17) is 4.74 Å². The SMILES string of the molecule is C=CC(=O)OCC1(O)CCCCC1. The van der Waals surface area contributed by atoms with Gasteiger partial charge in [0.05, 0.1) is 5.60 Å². The van der Waals surface area contributed by atoms with Crippen molar-refractivity contribution in [2.24, 2.45) is 0 Å². The number of rotatable bonds is 3. The van der Waals surface area contributed by atoms with E-state index in [-0.39, 0.29) is 6.61 Å². The van der Waals surface area contributed by atoms with Crippen LogP contribution in [0.5, 0.6) is 0 Å². The molecule has 0 saturated heterocycles. The predicted octanol–water partition coefficient (Wildman–Crippen LogP) is 1.41. The second-order valence-electron chi connectivity index (χ2n) is 3.60. The quantitative estimate of drug-likeness (QED) is 0.533. The van der Waals surface area contributed by atoms with Gasteiger partial charge in [0.2, 0.25) is 0 Å². The van der Waals surface area contributed by atoms with E-state index < -0.39 is 11.6 Å². The maximum atomic E-state index is 10.7. The molecule has 1 fully saturated rings. The molecule has 0 amide bonds. The zero-order valence-corrected chi connectivity index (χ0v) is 7.79. The van der Waals surface area contributed by atoms with Crippen molar-refractivity contribution in [1.29, 1.82) is 0 Å². The Bertz CT molecular complexity index is 192. The van der Waals surface area contributed by atoms with Gasteiger partial charge < -0.3 is 9.84 Å². The molecule has 1 saturated carbocycles. The molecule has 74 valence electrons. The molecule has 0 atom stereocenters. The minimum absolute atomic E-state index is 0.109. The van der Waals surface area contributed by atoms with Crippen LogP contribution < -0.4 is 0 Å². The highest BCUT2D eigenvalue weighted by Gasteiger charge is 2.30. The number of carbonyl (C=O) groups is 1. The summed E-state index contributed by atoms with van der Waals surface area (Å²) in [6.07, 6.45) is 5.78. The van der Waals surface area contributed by atoms with Crippen LogP contribution in [0.25, 0.3) is 0 Å². The maximum Gasteiger partial charge on any atom is 0.330 e. The lowest BCUT2D eigenvalue weighted by molar-refractivity contribution is -0.147. The van der Waals surface area contributed by atoms with Gasteiger partial charge in [-0.3, -0.25) is 0 Å². The summed E-state index contributed by atoms with van der Waals surface area (Å²) in [6.45, 7) is 3.40. The molecule has 0 radical (unpaired) electrons. The Labute approximate surface area is 78.4 Å². The Hall–Kier alpha value is -0.830. The van der Waals surface area contributed by atoms with Crippen LogP contribution in [0.1, 0.15) is 32.1 Å². The average molecular weight is 184 g/mol.